The van der Waals surface area contributed by atoms with Gasteiger partial charge in [0.2, 0.25) is 11.8 Å². The van der Waals surface area contributed by atoms with Gasteiger partial charge in [0.25, 0.3) is 0 Å². The van der Waals surface area contributed by atoms with Gasteiger partial charge in [-0.1, -0.05) is 30.3 Å². The van der Waals surface area contributed by atoms with Crippen LogP contribution in [0.1, 0.15) is 0 Å². The lowest BCUT2D eigenvalue weighted by atomic mass is 9.84. The number of rotatable bonds is 3. The minimum atomic E-state index is -0.481. The highest BCUT2D eigenvalue weighted by atomic mass is 19.1. The third-order valence-electron chi connectivity index (χ3n) is 5.18. The van der Waals surface area contributed by atoms with Crippen molar-refractivity contribution in [2.75, 3.05) is 30.5 Å². The molecule has 2 aromatic rings. The Bertz CT molecular complexity index is 860. The quantitative estimate of drug-likeness (QED) is 0.868. The van der Waals surface area contributed by atoms with Crippen LogP contribution in [0, 0.1) is 17.7 Å². The molecule has 0 radical (unpaired) electrons. The highest BCUT2D eigenvalue weighted by Crippen LogP contribution is 2.32. The Morgan fingerprint density at radius 2 is 1.81 bits per heavy atom. The van der Waals surface area contributed by atoms with Crippen LogP contribution in [0.2, 0.25) is 0 Å². The first kappa shape index (κ1) is 17.6. The van der Waals surface area contributed by atoms with Crippen LogP contribution in [-0.4, -0.2) is 42.9 Å². The summed E-state index contributed by atoms with van der Waals surface area (Å²) in [6.07, 6.45) is 0. The zero-order valence-electron chi connectivity index (χ0n) is 14.9. The van der Waals surface area contributed by atoms with E-state index in [1.165, 1.54) is 17.1 Å². The lowest BCUT2D eigenvalue weighted by molar-refractivity contribution is -0.125. The number of nitrogens with zero attached hydrogens (tertiary/aromatic N) is 2. The van der Waals surface area contributed by atoms with Crippen molar-refractivity contribution in [3.8, 4) is 0 Å². The standard InChI is InChI=1S/C20H21FN4O2/c1-24-11-14(19(26)22-17-10-6-5-9-16(17)21)18-15(12-24)20(27)25(23-18)13-7-3-2-4-8-13/h2-10,14-15,18,23H,11-12H2,1H3,(H,22,26). The van der Waals surface area contributed by atoms with Gasteiger partial charge in [-0.3, -0.25) is 9.59 Å². The van der Waals surface area contributed by atoms with E-state index in [2.05, 4.69) is 10.7 Å². The number of hydrogen-bond acceptors (Lipinski definition) is 4. The van der Waals surface area contributed by atoms with Crippen LogP contribution in [-0.2, 0) is 9.59 Å². The first-order valence-electron chi connectivity index (χ1n) is 8.93. The van der Waals surface area contributed by atoms with Crippen LogP contribution < -0.4 is 15.8 Å². The van der Waals surface area contributed by atoms with E-state index < -0.39 is 11.7 Å². The summed E-state index contributed by atoms with van der Waals surface area (Å²) >= 11 is 0. The number of fused-ring (bicyclic) bond motifs is 1. The minimum absolute atomic E-state index is 0.0542. The zero-order valence-corrected chi connectivity index (χ0v) is 14.9. The van der Waals surface area contributed by atoms with Crippen LogP contribution in [0.5, 0.6) is 0 Å². The number of nitrogens with one attached hydrogen (secondary N) is 2. The predicted octanol–water partition coefficient (Wildman–Crippen LogP) is 1.86. The number of benzene rings is 2. The maximum Gasteiger partial charge on any atom is 0.247 e. The largest absolute Gasteiger partial charge is 0.323 e. The highest BCUT2D eigenvalue weighted by molar-refractivity contribution is 6.00. The van der Waals surface area contributed by atoms with Crippen molar-refractivity contribution in [1.29, 1.82) is 0 Å². The van der Waals surface area contributed by atoms with Gasteiger partial charge in [-0.25, -0.2) is 14.8 Å². The molecule has 2 aliphatic heterocycles. The molecule has 3 unspecified atom stereocenters. The summed E-state index contributed by atoms with van der Waals surface area (Å²) in [5, 5.41) is 4.20. The lowest BCUT2D eigenvalue weighted by Gasteiger charge is -2.36. The SMILES string of the molecule is CN1CC(C(=O)Nc2ccccc2F)C2NN(c3ccccc3)C(=O)C2C1. The average molecular weight is 368 g/mol. The molecule has 2 saturated heterocycles. The van der Waals surface area contributed by atoms with Gasteiger partial charge in [-0.05, 0) is 31.3 Å². The molecular weight excluding hydrogens is 347 g/mol. The van der Waals surface area contributed by atoms with Gasteiger partial charge in [0, 0.05) is 13.1 Å². The Kier molecular flexibility index (Phi) is 4.63. The molecule has 4 rings (SSSR count). The molecule has 2 amide bonds. The smallest absolute Gasteiger partial charge is 0.247 e. The predicted molar refractivity (Wildman–Crippen MR) is 100 cm³/mol. The highest BCUT2D eigenvalue weighted by Gasteiger charge is 2.50. The van der Waals surface area contributed by atoms with Crippen molar-refractivity contribution in [3.05, 3.63) is 60.4 Å². The van der Waals surface area contributed by atoms with Gasteiger partial charge < -0.3 is 10.2 Å². The molecule has 2 fully saturated rings. The average Bonchev–Trinajstić information content (AvgIpc) is 3.00. The Balaban J connectivity index is 1.57. The molecule has 6 nitrogen and oxygen atoms in total. The topological polar surface area (TPSA) is 64.7 Å². The molecule has 27 heavy (non-hydrogen) atoms. The molecule has 0 aromatic heterocycles. The van der Waals surface area contributed by atoms with E-state index in [-0.39, 0.29) is 29.5 Å². The van der Waals surface area contributed by atoms with Crippen molar-refractivity contribution in [2.24, 2.45) is 11.8 Å². The molecule has 2 aromatic carbocycles. The molecule has 2 N–H and O–H groups in total. The molecule has 2 aliphatic rings. The number of amides is 2. The number of carbonyl (C=O) groups is 2. The van der Waals surface area contributed by atoms with Crippen LogP contribution in [0.3, 0.4) is 0 Å². The first-order valence-corrected chi connectivity index (χ1v) is 8.93. The van der Waals surface area contributed by atoms with E-state index in [1.807, 2.05) is 42.3 Å². The van der Waals surface area contributed by atoms with E-state index in [0.29, 0.717) is 13.1 Å². The van der Waals surface area contributed by atoms with E-state index in [1.54, 1.807) is 12.1 Å². The normalized spacial score (nSPS) is 25.3. The van der Waals surface area contributed by atoms with Gasteiger partial charge in [0.05, 0.1) is 29.3 Å². The second-order valence-electron chi connectivity index (χ2n) is 7.07. The molecule has 3 atom stereocenters. The summed E-state index contributed by atoms with van der Waals surface area (Å²) in [6.45, 7) is 1.06. The maximum atomic E-state index is 13.9. The van der Waals surface area contributed by atoms with E-state index in [9.17, 15) is 14.0 Å². The van der Waals surface area contributed by atoms with Crippen molar-refractivity contribution in [2.45, 2.75) is 6.04 Å². The fraction of sp³-hybridized carbons (Fsp3) is 0.300. The van der Waals surface area contributed by atoms with Crippen LogP contribution in [0.25, 0.3) is 0 Å². The molecule has 0 aliphatic carbocycles. The van der Waals surface area contributed by atoms with Crippen molar-refractivity contribution >= 4 is 23.2 Å². The molecular formula is C20H21FN4O2. The van der Waals surface area contributed by atoms with Crippen LogP contribution in [0.15, 0.2) is 54.6 Å². The summed E-state index contributed by atoms with van der Waals surface area (Å²) in [6, 6.07) is 15.0. The molecule has 7 heteroatoms. The van der Waals surface area contributed by atoms with Crippen molar-refractivity contribution in [1.82, 2.24) is 10.3 Å². The second kappa shape index (κ2) is 7.09. The first-order chi connectivity index (χ1) is 13.0. The summed E-state index contributed by atoms with van der Waals surface area (Å²) in [5.74, 6) is -1.64. The number of hydrogen-bond donors (Lipinski definition) is 2. The van der Waals surface area contributed by atoms with E-state index in [4.69, 9.17) is 0 Å². The van der Waals surface area contributed by atoms with Crippen LogP contribution >= 0.6 is 0 Å². The summed E-state index contributed by atoms with van der Waals surface area (Å²) in [4.78, 5) is 27.8. The number of piperidine rings is 1. The number of carbonyl (C=O) groups excluding carboxylic acids is 2. The van der Waals surface area contributed by atoms with Crippen molar-refractivity contribution in [3.63, 3.8) is 0 Å². The summed E-state index contributed by atoms with van der Waals surface area (Å²) < 4.78 is 13.9. The third-order valence-corrected chi connectivity index (χ3v) is 5.18. The Morgan fingerprint density at radius 3 is 2.56 bits per heavy atom. The second-order valence-corrected chi connectivity index (χ2v) is 7.07. The van der Waals surface area contributed by atoms with Crippen molar-refractivity contribution < 1.29 is 14.0 Å². The Morgan fingerprint density at radius 1 is 1.11 bits per heavy atom. The maximum absolute atomic E-state index is 13.9. The van der Waals surface area contributed by atoms with Gasteiger partial charge in [0.1, 0.15) is 5.82 Å². The Hall–Kier alpha value is -2.77. The molecule has 0 saturated carbocycles. The fourth-order valence-corrected chi connectivity index (χ4v) is 3.86. The van der Waals surface area contributed by atoms with Gasteiger partial charge >= 0.3 is 0 Å². The monoisotopic (exact) mass is 368 g/mol. The van der Waals surface area contributed by atoms with E-state index in [0.717, 1.165) is 5.69 Å². The minimum Gasteiger partial charge on any atom is -0.323 e. The molecule has 140 valence electrons. The zero-order chi connectivity index (χ0) is 19.0. The summed E-state index contributed by atoms with van der Waals surface area (Å²) in [5.41, 5.74) is 4.11. The fourth-order valence-electron chi connectivity index (χ4n) is 3.86. The number of para-hydroxylation sites is 2. The third kappa shape index (κ3) is 3.31. The van der Waals surface area contributed by atoms with Gasteiger partial charge in [0.15, 0.2) is 0 Å². The lowest BCUT2D eigenvalue weighted by Crippen LogP contribution is -2.55. The van der Waals surface area contributed by atoms with E-state index >= 15 is 0 Å². The van der Waals surface area contributed by atoms with Gasteiger partial charge in [-0.2, -0.15) is 0 Å². The van der Waals surface area contributed by atoms with Gasteiger partial charge in [-0.15, -0.1) is 0 Å². The number of anilines is 2. The number of hydrazine groups is 1. The van der Waals surface area contributed by atoms with Crippen LogP contribution in [0.4, 0.5) is 15.8 Å². The molecule has 2 heterocycles. The number of halogens is 1. The number of likely N-dealkylation sites (tertiary alicyclic amines) is 1. The Labute approximate surface area is 156 Å². The summed E-state index contributed by atoms with van der Waals surface area (Å²) in [7, 11) is 1.89. The molecule has 0 spiro atoms. The molecule has 0 bridgehead atoms.